The van der Waals surface area contributed by atoms with Gasteiger partial charge in [-0.25, -0.2) is 0 Å². The number of carbonyl (C=O) groups excluding carboxylic acids is 1. The smallest absolute Gasteiger partial charge is 0.175 e. The zero-order valence-electron chi connectivity index (χ0n) is 10.4. The number of thioether (sulfide) groups is 1. The van der Waals surface area contributed by atoms with Gasteiger partial charge in [-0.2, -0.15) is 0 Å². The van der Waals surface area contributed by atoms with Crippen LogP contribution in [0.25, 0.3) is 0 Å². The number of benzene rings is 1. The molecule has 0 aliphatic carbocycles. The van der Waals surface area contributed by atoms with Crippen LogP contribution in [-0.4, -0.2) is 29.5 Å². The molecule has 0 N–H and O–H groups in total. The summed E-state index contributed by atoms with van der Waals surface area (Å²) in [6.45, 7) is 2.82. The van der Waals surface area contributed by atoms with E-state index in [-0.39, 0.29) is 11.0 Å². The molecule has 0 bridgehead atoms. The number of rotatable bonds is 5. The molecule has 2 rings (SSSR count). The largest absolute Gasteiger partial charge is 0.377 e. The molecule has 4 heteroatoms. The van der Waals surface area contributed by atoms with Gasteiger partial charge >= 0.3 is 0 Å². The second-order valence-electron chi connectivity index (χ2n) is 4.48. The van der Waals surface area contributed by atoms with Crippen LogP contribution >= 0.6 is 23.4 Å². The van der Waals surface area contributed by atoms with Gasteiger partial charge in [0, 0.05) is 22.9 Å². The third-order valence-corrected chi connectivity index (χ3v) is 4.58. The monoisotopic (exact) mass is 284 g/mol. The summed E-state index contributed by atoms with van der Waals surface area (Å²) in [7, 11) is 0. The second-order valence-corrected chi connectivity index (χ2v) is 6.29. The van der Waals surface area contributed by atoms with E-state index < -0.39 is 0 Å². The van der Waals surface area contributed by atoms with Crippen LogP contribution in [0.4, 0.5) is 0 Å². The van der Waals surface area contributed by atoms with Gasteiger partial charge in [-0.1, -0.05) is 11.6 Å². The number of hydrogen-bond acceptors (Lipinski definition) is 3. The molecule has 2 atom stereocenters. The van der Waals surface area contributed by atoms with Crippen LogP contribution in [0.3, 0.4) is 0 Å². The summed E-state index contributed by atoms with van der Waals surface area (Å²) in [5.41, 5.74) is 0.728. The lowest BCUT2D eigenvalue weighted by molar-refractivity contribution is 0.0993. The Labute approximate surface area is 117 Å². The van der Waals surface area contributed by atoms with E-state index in [1.807, 2.05) is 6.92 Å². The van der Waals surface area contributed by atoms with Crippen molar-refractivity contribution in [1.29, 1.82) is 0 Å². The summed E-state index contributed by atoms with van der Waals surface area (Å²) in [6, 6.07) is 7.08. The predicted octanol–water partition coefficient (Wildman–Crippen LogP) is 3.82. The van der Waals surface area contributed by atoms with E-state index >= 15 is 0 Å². The van der Waals surface area contributed by atoms with Crippen molar-refractivity contribution >= 4 is 29.1 Å². The molecule has 1 fully saturated rings. The van der Waals surface area contributed by atoms with Crippen molar-refractivity contribution in [1.82, 2.24) is 0 Å². The molecular weight excluding hydrogens is 268 g/mol. The third-order valence-electron chi connectivity index (χ3n) is 3.05. The maximum absolute atomic E-state index is 12.2. The van der Waals surface area contributed by atoms with Gasteiger partial charge in [0.1, 0.15) is 0 Å². The summed E-state index contributed by atoms with van der Waals surface area (Å²) in [5.74, 6) is 1.06. The zero-order chi connectivity index (χ0) is 13.0. The first kappa shape index (κ1) is 13.9. The third kappa shape index (κ3) is 3.74. The molecule has 1 aromatic rings. The highest BCUT2D eigenvalue weighted by Crippen LogP contribution is 2.23. The fourth-order valence-electron chi connectivity index (χ4n) is 1.95. The van der Waals surface area contributed by atoms with Crippen molar-refractivity contribution in [2.45, 2.75) is 31.1 Å². The Kier molecular flexibility index (Phi) is 5.10. The minimum absolute atomic E-state index is 0.0321. The molecule has 98 valence electrons. The predicted molar refractivity (Wildman–Crippen MR) is 76.7 cm³/mol. The Balaban J connectivity index is 1.85. The van der Waals surface area contributed by atoms with Crippen molar-refractivity contribution in [2.75, 3.05) is 12.4 Å². The molecule has 0 saturated carbocycles. The zero-order valence-corrected chi connectivity index (χ0v) is 12.0. The fourth-order valence-corrected chi connectivity index (χ4v) is 3.13. The van der Waals surface area contributed by atoms with Gasteiger partial charge in [-0.3, -0.25) is 4.79 Å². The number of halogens is 1. The van der Waals surface area contributed by atoms with Gasteiger partial charge in [0.25, 0.3) is 0 Å². The molecule has 1 aliphatic heterocycles. The minimum Gasteiger partial charge on any atom is -0.377 e. The lowest BCUT2D eigenvalue weighted by atomic mass is 10.1. The lowest BCUT2D eigenvalue weighted by Gasteiger charge is -2.13. The molecule has 1 aliphatic rings. The van der Waals surface area contributed by atoms with E-state index in [4.69, 9.17) is 16.3 Å². The first-order valence-corrected chi connectivity index (χ1v) is 7.62. The average molecular weight is 285 g/mol. The van der Waals surface area contributed by atoms with E-state index in [9.17, 15) is 4.79 Å². The number of carbonyl (C=O) groups is 1. The summed E-state index contributed by atoms with van der Waals surface area (Å²) >= 11 is 7.48. The second kappa shape index (κ2) is 6.60. The molecule has 0 amide bonds. The van der Waals surface area contributed by atoms with Gasteiger partial charge in [-0.05, 0) is 44.0 Å². The van der Waals surface area contributed by atoms with Crippen LogP contribution in [0.1, 0.15) is 30.1 Å². The summed E-state index contributed by atoms with van der Waals surface area (Å²) in [5, 5.41) is 0.626. The summed E-state index contributed by atoms with van der Waals surface area (Å²) < 4.78 is 5.55. The van der Waals surface area contributed by atoms with Crippen molar-refractivity contribution in [2.24, 2.45) is 0 Å². The number of Topliss-reactive ketones (excluding diaryl/α,β-unsaturated/α-hetero) is 1. The highest BCUT2D eigenvalue weighted by atomic mass is 35.5. The first-order chi connectivity index (χ1) is 8.66. The molecule has 2 nitrogen and oxygen atoms in total. The van der Waals surface area contributed by atoms with Crippen molar-refractivity contribution in [3.8, 4) is 0 Å². The first-order valence-electron chi connectivity index (χ1n) is 6.20. The Morgan fingerprint density at radius 3 is 2.83 bits per heavy atom. The fraction of sp³-hybridized carbons (Fsp3) is 0.500. The Morgan fingerprint density at radius 2 is 2.22 bits per heavy atom. The molecular formula is C14H17ClO2S. The van der Waals surface area contributed by atoms with Crippen molar-refractivity contribution in [3.63, 3.8) is 0 Å². The van der Waals surface area contributed by atoms with Gasteiger partial charge < -0.3 is 4.74 Å². The van der Waals surface area contributed by atoms with E-state index in [1.165, 1.54) is 0 Å². The molecule has 18 heavy (non-hydrogen) atoms. The number of ketones is 1. The molecule has 0 spiro atoms. The highest BCUT2D eigenvalue weighted by molar-refractivity contribution is 8.00. The van der Waals surface area contributed by atoms with Crippen molar-refractivity contribution in [3.05, 3.63) is 34.9 Å². The maximum atomic E-state index is 12.2. The average Bonchev–Trinajstić information content (AvgIpc) is 2.89. The maximum Gasteiger partial charge on any atom is 0.175 e. The van der Waals surface area contributed by atoms with Gasteiger partial charge in [-0.15, -0.1) is 11.8 Å². The minimum atomic E-state index is -0.0321. The molecule has 2 unspecified atom stereocenters. The quantitative estimate of drug-likeness (QED) is 0.769. The highest BCUT2D eigenvalue weighted by Gasteiger charge is 2.20. The number of hydrogen-bond donors (Lipinski definition) is 0. The van der Waals surface area contributed by atoms with Crippen molar-refractivity contribution < 1.29 is 9.53 Å². The Hall–Kier alpha value is -0.510. The Morgan fingerprint density at radius 1 is 1.50 bits per heavy atom. The van der Waals surface area contributed by atoms with Crippen LogP contribution in [0.2, 0.25) is 5.02 Å². The van der Waals surface area contributed by atoms with Crippen LogP contribution in [-0.2, 0) is 4.74 Å². The summed E-state index contributed by atoms with van der Waals surface area (Å²) in [6.07, 6.45) is 2.59. The van der Waals surface area contributed by atoms with Gasteiger partial charge in [0.2, 0.25) is 0 Å². The molecule has 0 aromatic heterocycles. The van der Waals surface area contributed by atoms with E-state index in [0.29, 0.717) is 11.1 Å². The normalized spacial score (nSPS) is 20.9. The molecule has 1 saturated heterocycles. The van der Waals surface area contributed by atoms with E-state index in [2.05, 4.69) is 0 Å². The van der Waals surface area contributed by atoms with Crippen LogP contribution in [0.5, 0.6) is 0 Å². The SMILES string of the molecule is CC(SCC1CCCO1)C(=O)c1ccc(Cl)cc1. The van der Waals surface area contributed by atoms with E-state index in [0.717, 1.165) is 30.8 Å². The number of ether oxygens (including phenoxy) is 1. The van der Waals surface area contributed by atoms with E-state index in [1.54, 1.807) is 36.0 Å². The van der Waals surface area contributed by atoms with Gasteiger partial charge in [0.05, 0.1) is 11.4 Å². The molecule has 0 radical (unpaired) electrons. The van der Waals surface area contributed by atoms with Crippen LogP contribution in [0, 0.1) is 0 Å². The summed E-state index contributed by atoms with van der Waals surface area (Å²) in [4.78, 5) is 12.2. The Bertz CT molecular complexity index is 399. The van der Waals surface area contributed by atoms with Gasteiger partial charge in [0.15, 0.2) is 5.78 Å². The lowest BCUT2D eigenvalue weighted by Crippen LogP contribution is -2.17. The standard InChI is InChI=1S/C14H17ClO2S/c1-10(18-9-13-3-2-8-17-13)14(16)11-4-6-12(15)7-5-11/h4-7,10,13H,2-3,8-9H2,1H3. The van der Waals surface area contributed by atoms with Crippen LogP contribution < -0.4 is 0 Å². The molecule has 1 heterocycles. The topological polar surface area (TPSA) is 26.3 Å². The van der Waals surface area contributed by atoms with Crippen LogP contribution in [0.15, 0.2) is 24.3 Å². The molecule has 1 aromatic carbocycles.